The number of aromatic nitrogens is 3. The number of aliphatic carboxylic acids is 1. The molecule has 0 spiro atoms. The molecule has 2 unspecified atom stereocenters. The minimum absolute atomic E-state index is 0.0198. The van der Waals surface area contributed by atoms with Gasteiger partial charge in [0.05, 0.1) is 5.92 Å². The molecule has 0 aromatic carbocycles. The molecule has 2 rings (SSSR count). The number of hydrogen-bond donors (Lipinski definition) is 2. The van der Waals surface area contributed by atoms with Crippen LogP contribution in [-0.4, -0.2) is 31.1 Å². The molecule has 1 aliphatic carbocycles. The SMILES string of the molecule is Cn1c(SC2CCCC2C(=O)O)n[nH]c1=O. The van der Waals surface area contributed by atoms with E-state index in [1.54, 1.807) is 7.05 Å². The molecule has 1 aliphatic rings. The van der Waals surface area contributed by atoms with Crippen LogP contribution in [0.25, 0.3) is 0 Å². The molecule has 1 heterocycles. The van der Waals surface area contributed by atoms with Crippen molar-refractivity contribution < 1.29 is 9.90 Å². The van der Waals surface area contributed by atoms with E-state index in [2.05, 4.69) is 10.2 Å². The maximum absolute atomic E-state index is 11.1. The highest BCUT2D eigenvalue weighted by Gasteiger charge is 2.34. The summed E-state index contributed by atoms with van der Waals surface area (Å²) in [6.07, 6.45) is 2.50. The first-order chi connectivity index (χ1) is 7.59. The molecule has 1 fully saturated rings. The van der Waals surface area contributed by atoms with Crippen LogP contribution < -0.4 is 5.69 Å². The zero-order chi connectivity index (χ0) is 11.7. The van der Waals surface area contributed by atoms with Crippen molar-refractivity contribution >= 4 is 17.7 Å². The summed E-state index contributed by atoms with van der Waals surface area (Å²) in [7, 11) is 1.62. The lowest BCUT2D eigenvalue weighted by Crippen LogP contribution is -2.21. The van der Waals surface area contributed by atoms with Gasteiger partial charge >= 0.3 is 11.7 Å². The summed E-state index contributed by atoms with van der Waals surface area (Å²) in [4.78, 5) is 22.1. The largest absolute Gasteiger partial charge is 0.481 e. The molecular weight excluding hydrogens is 230 g/mol. The average molecular weight is 243 g/mol. The van der Waals surface area contributed by atoms with Crippen LogP contribution in [0, 0.1) is 5.92 Å². The van der Waals surface area contributed by atoms with Gasteiger partial charge in [-0.2, -0.15) is 0 Å². The third-order valence-corrected chi connectivity index (χ3v) is 4.31. The third kappa shape index (κ3) is 1.99. The standard InChI is InChI=1S/C9H13N3O3S/c1-12-8(15)10-11-9(12)16-6-4-2-3-5(6)7(13)14/h5-6H,2-4H2,1H3,(H,10,15)(H,13,14). The molecule has 1 aromatic heterocycles. The summed E-state index contributed by atoms with van der Waals surface area (Å²) in [5.41, 5.74) is -0.271. The summed E-state index contributed by atoms with van der Waals surface area (Å²) in [5, 5.41) is 15.8. The first kappa shape index (κ1) is 11.3. The molecule has 7 heteroatoms. The second-order valence-electron chi connectivity index (χ2n) is 3.90. The van der Waals surface area contributed by atoms with Crippen molar-refractivity contribution in [1.29, 1.82) is 0 Å². The van der Waals surface area contributed by atoms with E-state index < -0.39 is 5.97 Å². The van der Waals surface area contributed by atoms with Crippen LogP contribution in [0.2, 0.25) is 0 Å². The molecule has 0 bridgehead atoms. The number of carboxylic acids is 1. The van der Waals surface area contributed by atoms with E-state index >= 15 is 0 Å². The van der Waals surface area contributed by atoms with Gasteiger partial charge in [-0.25, -0.2) is 9.89 Å². The topological polar surface area (TPSA) is 88.0 Å². The number of hydrogen-bond acceptors (Lipinski definition) is 4. The molecule has 1 saturated carbocycles. The van der Waals surface area contributed by atoms with Crippen LogP contribution in [0.15, 0.2) is 9.95 Å². The second kappa shape index (κ2) is 4.32. The normalized spacial score (nSPS) is 24.8. The summed E-state index contributed by atoms with van der Waals surface area (Å²) in [6.45, 7) is 0. The van der Waals surface area contributed by atoms with E-state index in [1.807, 2.05) is 0 Å². The fourth-order valence-corrected chi connectivity index (χ4v) is 3.23. The Morgan fingerprint density at radius 2 is 2.38 bits per heavy atom. The molecule has 2 N–H and O–H groups in total. The van der Waals surface area contributed by atoms with Gasteiger partial charge in [0.2, 0.25) is 0 Å². The van der Waals surface area contributed by atoms with E-state index in [9.17, 15) is 9.59 Å². The molecule has 0 saturated heterocycles. The van der Waals surface area contributed by atoms with Crippen LogP contribution in [0.5, 0.6) is 0 Å². The lowest BCUT2D eigenvalue weighted by molar-refractivity contribution is -0.141. The zero-order valence-electron chi connectivity index (χ0n) is 8.84. The lowest BCUT2D eigenvalue weighted by atomic mass is 10.1. The van der Waals surface area contributed by atoms with Gasteiger partial charge in [-0.05, 0) is 12.8 Å². The summed E-state index contributed by atoms with van der Waals surface area (Å²) in [6, 6.07) is 0. The predicted molar refractivity (Wildman–Crippen MR) is 58.5 cm³/mol. The van der Waals surface area contributed by atoms with Crippen molar-refractivity contribution in [1.82, 2.24) is 14.8 Å². The number of nitrogens with one attached hydrogen (secondary N) is 1. The highest BCUT2D eigenvalue weighted by molar-refractivity contribution is 7.99. The van der Waals surface area contributed by atoms with Crippen LogP contribution in [0.4, 0.5) is 0 Å². The minimum Gasteiger partial charge on any atom is -0.481 e. The van der Waals surface area contributed by atoms with Crippen LogP contribution >= 0.6 is 11.8 Å². The number of rotatable bonds is 3. The lowest BCUT2D eigenvalue weighted by Gasteiger charge is -2.13. The van der Waals surface area contributed by atoms with Crippen molar-refractivity contribution in [3.05, 3.63) is 10.5 Å². The summed E-state index contributed by atoms with van der Waals surface area (Å²) < 4.78 is 1.40. The molecule has 16 heavy (non-hydrogen) atoms. The quantitative estimate of drug-likeness (QED) is 0.805. The molecule has 0 amide bonds. The van der Waals surface area contributed by atoms with Gasteiger partial charge in [-0.15, -0.1) is 5.10 Å². The van der Waals surface area contributed by atoms with Crippen LogP contribution in [0.3, 0.4) is 0 Å². The first-order valence-corrected chi connectivity index (χ1v) is 5.98. The van der Waals surface area contributed by atoms with Gasteiger partial charge in [0.25, 0.3) is 0 Å². The number of thioether (sulfide) groups is 1. The zero-order valence-corrected chi connectivity index (χ0v) is 9.66. The van der Waals surface area contributed by atoms with E-state index in [-0.39, 0.29) is 16.9 Å². The van der Waals surface area contributed by atoms with Gasteiger partial charge in [0.1, 0.15) is 0 Å². The van der Waals surface area contributed by atoms with Crippen molar-refractivity contribution in [3.63, 3.8) is 0 Å². The molecule has 0 aliphatic heterocycles. The highest BCUT2D eigenvalue weighted by Crippen LogP contribution is 2.37. The van der Waals surface area contributed by atoms with Crippen LogP contribution in [0.1, 0.15) is 19.3 Å². The fraction of sp³-hybridized carbons (Fsp3) is 0.667. The molecule has 6 nitrogen and oxygen atoms in total. The van der Waals surface area contributed by atoms with E-state index in [4.69, 9.17) is 5.11 Å². The van der Waals surface area contributed by atoms with Crippen molar-refractivity contribution in [3.8, 4) is 0 Å². The number of carbonyl (C=O) groups is 1. The number of carboxylic acid groups (broad SMARTS) is 1. The monoisotopic (exact) mass is 243 g/mol. The van der Waals surface area contributed by atoms with Gasteiger partial charge in [0.15, 0.2) is 5.16 Å². The van der Waals surface area contributed by atoms with Crippen molar-refractivity contribution in [2.24, 2.45) is 13.0 Å². The van der Waals surface area contributed by atoms with Gasteiger partial charge in [-0.3, -0.25) is 9.36 Å². The van der Waals surface area contributed by atoms with E-state index in [0.717, 1.165) is 12.8 Å². The Kier molecular flexibility index (Phi) is 3.04. The van der Waals surface area contributed by atoms with E-state index in [0.29, 0.717) is 11.6 Å². The highest BCUT2D eigenvalue weighted by atomic mass is 32.2. The fourth-order valence-electron chi connectivity index (χ4n) is 1.92. The van der Waals surface area contributed by atoms with Gasteiger partial charge < -0.3 is 5.11 Å². The summed E-state index contributed by atoms with van der Waals surface area (Å²) in [5.74, 6) is -1.08. The Morgan fingerprint density at radius 1 is 1.62 bits per heavy atom. The van der Waals surface area contributed by atoms with Crippen LogP contribution in [-0.2, 0) is 11.8 Å². The molecule has 0 radical (unpaired) electrons. The molecule has 88 valence electrons. The Bertz CT molecular complexity index is 453. The van der Waals surface area contributed by atoms with Crippen molar-refractivity contribution in [2.75, 3.05) is 0 Å². The Balaban J connectivity index is 2.12. The third-order valence-electron chi connectivity index (χ3n) is 2.87. The average Bonchev–Trinajstić information content (AvgIpc) is 2.80. The molecule has 2 atom stereocenters. The molecule has 1 aromatic rings. The Labute approximate surface area is 96.0 Å². The number of H-pyrrole nitrogens is 1. The minimum atomic E-state index is -0.754. The Hall–Kier alpha value is -1.24. The molecular formula is C9H13N3O3S. The maximum Gasteiger partial charge on any atom is 0.343 e. The maximum atomic E-state index is 11.1. The Morgan fingerprint density at radius 3 is 2.94 bits per heavy atom. The number of nitrogens with zero attached hydrogens (tertiary/aromatic N) is 2. The smallest absolute Gasteiger partial charge is 0.343 e. The second-order valence-corrected chi connectivity index (χ2v) is 5.11. The summed E-state index contributed by atoms with van der Waals surface area (Å²) >= 11 is 1.37. The first-order valence-electron chi connectivity index (χ1n) is 5.10. The van der Waals surface area contributed by atoms with E-state index in [1.165, 1.54) is 16.3 Å². The van der Waals surface area contributed by atoms with Crippen molar-refractivity contribution in [2.45, 2.75) is 29.7 Å². The number of aromatic amines is 1. The van der Waals surface area contributed by atoms with Gasteiger partial charge in [-0.1, -0.05) is 18.2 Å². The predicted octanol–water partition coefficient (Wildman–Crippen LogP) is 0.454. The van der Waals surface area contributed by atoms with Gasteiger partial charge in [0, 0.05) is 12.3 Å².